The third kappa shape index (κ3) is 1.75. The van der Waals surface area contributed by atoms with Crippen LogP contribution in [0.1, 0.15) is 43.1 Å². The summed E-state index contributed by atoms with van der Waals surface area (Å²) in [5, 5.41) is 0. The molecule has 2 nitrogen and oxygen atoms in total. The van der Waals surface area contributed by atoms with Gasteiger partial charge in [-0.15, -0.1) is 0 Å². The number of ether oxygens (including phenoxy) is 2. The molecule has 0 saturated heterocycles. The van der Waals surface area contributed by atoms with Crippen LogP contribution < -0.4 is 4.74 Å². The van der Waals surface area contributed by atoms with Crippen molar-refractivity contribution in [1.29, 1.82) is 0 Å². The second kappa shape index (κ2) is 4.34. The summed E-state index contributed by atoms with van der Waals surface area (Å²) in [5.41, 5.74) is 4.14. The highest BCUT2D eigenvalue weighted by Gasteiger charge is 2.31. The molecule has 0 radical (unpaired) electrons. The van der Waals surface area contributed by atoms with Crippen LogP contribution in [0.4, 0.5) is 0 Å². The van der Waals surface area contributed by atoms with Gasteiger partial charge in [-0.2, -0.15) is 0 Å². The van der Waals surface area contributed by atoms with Gasteiger partial charge in [-0.3, -0.25) is 0 Å². The molecule has 0 bridgehead atoms. The molecule has 0 unspecified atom stereocenters. The fourth-order valence-electron chi connectivity index (χ4n) is 2.89. The van der Waals surface area contributed by atoms with Crippen LogP contribution in [-0.4, -0.2) is 13.2 Å². The SMILES string of the molecule is CC[C@@H](C)[C@@H]1OCCc2ccc3c(c21)OCC3. The van der Waals surface area contributed by atoms with Gasteiger partial charge >= 0.3 is 0 Å². The molecule has 0 spiro atoms. The Morgan fingerprint density at radius 1 is 1.24 bits per heavy atom. The second-order valence-corrected chi connectivity index (χ2v) is 5.15. The average Bonchev–Trinajstić information content (AvgIpc) is 2.85. The topological polar surface area (TPSA) is 18.5 Å². The first-order valence-electron chi connectivity index (χ1n) is 6.70. The highest BCUT2D eigenvalue weighted by Crippen LogP contribution is 2.43. The maximum absolute atomic E-state index is 6.00. The summed E-state index contributed by atoms with van der Waals surface area (Å²) < 4.78 is 11.8. The van der Waals surface area contributed by atoms with Crippen molar-refractivity contribution >= 4 is 0 Å². The van der Waals surface area contributed by atoms with Gasteiger partial charge in [0.2, 0.25) is 0 Å². The Morgan fingerprint density at radius 3 is 2.82 bits per heavy atom. The highest BCUT2D eigenvalue weighted by atomic mass is 16.5. The van der Waals surface area contributed by atoms with Crippen LogP contribution in [0.15, 0.2) is 12.1 Å². The average molecular weight is 232 g/mol. The Hall–Kier alpha value is -1.02. The summed E-state index contributed by atoms with van der Waals surface area (Å²) in [6.07, 6.45) is 3.46. The molecule has 2 atom stereocenters. The maximum Gasteiger partial charge on any atom is 0.128 e. The second-order valence-electron chi connectivity index (χ2n) is 5.15. The standard InChI is InChI=1S/C15H20O2/c1-3-10(2)14-13-11(6-8-16-14)4-5-12-7-9-17-15(12)13/h4-5,10,14H,3,6-9H2,1-2H3/t10-,14+/m1/s1. The van der Waals surface area contributed by atoms with E-state index >= 15 is 0 Å². The maximum atomic E-state index is 6.00. The van der Waals surface area contributed by atoms with Crippen molar-refractivity contribution in [1.82, 2.24) is 0 Å². The molecule has 0 saturated carbocycles. The molecule has 0 amide bonds. The lowest BCUT2D eigenvalue weighted by molar-refractivity contribution is 0.00352. The van der Waals surface area contributed by atoms with Crippen LogP contribution in [0.25, 0.3) is 0 Å². The van der Waals surface area contributed by atoms with E-state index in [0.29, 0.717) is 5.92 Å². The van der Waals surface area contributed by atoms with Crippen molar-refractivity contribution in [2.75, 3.05) is 13.2 Å². The number of hydrogen-bond donors (Lipinski definition) is 0. The third-order valence-corrected chi connectivity index (χ3v) is 4.10. The third-order valence-electron chi connectivity index (χ3n) is 4.10. The summed E-state index contributed by atoms with van der Waals surface area (Å²) in [5.74, 6) is 1.69. The number of fused-ring (bicyclic) bond motifs is 3. The van der Waals surface area contributed by atoms with Crippen LogP contribution in [0.3, 0.4) is 0 Å². The van der Waals surface area contributed by atoms with Crippen molar-refractivity contribution in [3.63, 3.8) is 0 Å². The first-order chi connectivity index (χ1) is 8.31. The van der Waals surface area contributed by atoms with Gasteiger partial charge in [0.1, 0.15) is 5.75 Å². The molecular weight excluding hydrogens is 212 g/mol. The highest BCUT2D eigenvalue weighted by molar-refractivity contribution is 5.50. The summed E-state index contributed by atoms with van der Waals surface area (Å²) in [7, 11) is 0. The number of rotatable bonds is 2. The van der Waals surface area contributed by atoms with Gasteiger partial charge < -0.3 is 9.47 Å². The van der Waals surface area contributed by atoms with Crippen LogP contribution in [0, 0.1) is 5.92 Å². The smallest absolute Gasteiger partial charge is 0.128 e. The van der Waals surface area contributed by atoms with E-state index in [9.17, 15) is 0 Å². The van der Waals surface area contributed by atoms with Crippen molar-refractivity contribution < 1.29 is 9.47 Å². The van der Waals surface area contributed by atoms with E-state index in [0.717, 1.165) is 38.2 Å². The molecule has 92 valence electrons. The van der Waals surface area contributed by atoms with Gasteiger partial charge in [0.15, 0.2) is 0 Å². The molecule has 3 rings (SSSR count). The van der Waals surface area contributed by atoms with Crippen LogP contribution >= 0.6 is 0 Å². The van der Waals surface area contributed by atoms with Crippen LogP contribution in [0.5, 0.6) is 5.75 Å². The van der Waals surface area contributed by atoms with Gasteiger partial charge in [0.25, 0.3) is 0 Å². The minimum absolute atomic E-state index is 0.233. The molecular formula is C15H20O2. The zero-order chi connectivity index (χ0) is 11.8. The Labute approximate surface area is 103 Å². The molecule has 1 aromatic rings. The molecule has 0 fully saturated rings. The van der Waals surface area contributed by atoms with Crippen molar-refractivity contribution in [2.24, 2.45) is 5.92 Å². The minimum Gasteiger partial charge on any atom is -0.493 e. The van der Waals surface area contributed by atoms with Crippen molar-refractivity contribution in [2.45, 2.75) is 39.2 Å². The van der Waals surface area contributed by atoms with E-state index in [1.807, 2.05) is 0 Å². The fraction of sp³-hybridized carbons (Fsp3) is 0.600. The monoisotopic (exact) mass is 232 g/mol. The van der Waals surface area contributed by atoms with E-state index < -0.39 is 0 Å². The first kappa shape index (κ1) is 11.1. The van der Waals surface area contributed by atoms with Crippen molar-refractivity contribution in [3.05, 3.63) is 28.8 Å². The van der Waals surface area contributed by atoms with E-state index in [-0.39, 0.29) is 6.10 Å². The first-order valence-corrected chi connectivity index (χ1v) is 6.70. The zero-order valence-corrected chi connectivity index (χ0v) is 10.7. The lowest BCUT2D eigenvalue weighted by Crippen LogP contribution is -2.22. The Kier molecular flexibility index (Phi) is 2.83. The van der Waals surface area contributed by atoms with Gasteiger partial charge in [0.05, 0.1) is 19.3 Å². The number of hydrogen-bond acceptors (Lipinski definition) is 2. The molecule has 2 heterocycles. The van der Waals surface area contributed by atoms with E-state index in [1.165, 1.54) is 16.7 Å². The van der Waals surface area contributed by atoms with Gasteiger partial charge in [-0.1, -0.05) is 32.4 Å². The van der Waals surface area contributed by atoms with Crippen LogP contribution in [0.2, 0.25) is 0 Å². The van der Waals surface area contributed by atoms with Crippen LogP contribution in [-0.2, 0) is 17.6 Å². The molecule has 0 aliphatic carbocycles. The van der Waals surface area contributed by atoms with E-state index in [2.05, 4.69) is 26.0 Å². The zero-order valence-electron chi connectivity index (χ0n) is 10.7. The lowest BCUT2D eigenvalue weighted by atomic mass is 9.87. The fourth-order valence-corrected chi connectivity index (χ4v) is 2.89. The minimum atomic E-state index is 0.233. The predicted octanol–water partition coefficient (Wildman–Crippen LogP) is 3.28. The molecule has 2 aliphatic rings. The van der Waals surface area contributed by atoms with Gasteiger partial charge in [-0.05, 0) is 23.5 Å². The summed E-state index contributed by atoms with van der Waals surface area (Å²) >= 11 is 0. The molecule has 0 aromatic heterocycles. The molecule has 1 aromatic carbocycles. The quantitative estimate of drug-likeness (QED) is 0.779. The van der Waals surface area contributed by atoms with Gasteiger partial charge in [0, 0.05) is 12.0 Å². The molecule has 0 N–H and O–H groups in total. The molecule has 17 heavy (non-hydrogen) atoms. The number of benzene rings is 1. The molecule has 2 aliphatic heterocycles. The van der Waals surface area contributed by atoms with Crippen molar-refractivity contribution in [3.8, 4) is 5.75 Å². The Bertz CT molecular complexity index is 425. The van der Waals surface area contributed by atoms with E-state index in [4.69, 9.17) is 9.47 Å². The summed E-state index contributed by atoms with van der Waals surface area (Å²) in [6, 6.07) is 4.51. The molecule has 2 heteroatoms. The predicted molar refractivity (Wildman–Crippen MR) is 67.5 cm³/mol. The Morgan fingerprint density at radius 2 is 2.00 bits per heavy atom. The van der Waals surface area contributed by atoms with E-state index in [1.54, 1.807) is 0 Å². The summed E-state index contributed by atoms with van der Waals surface area (Å²) in [4.78, 5) is 0. The normalized spacial score (nSPS) is 23.8. The largest absolute Gasteiger partial charge is 0.493 e. The van der Waals surface area contributed by atoms with Gasteiger partial charge in [-0.25, -0.2) is 0 Å². The lowest BCUT2D eigenvalue weighted by Gasteiger charge is -2.31. The Balaban J connectivity index is 2.08. The summed E-state index contributed by atoms with van der Waals surface area (Å²) in [6.45, 7) is 6.18.